The highest BCUT2D eigenvalue weighted by Crippen LogP contribution is 2.45. The van der Waals surface area contributed by atoms with Crippen LogP contribution in [0.15, 0.2) is 53.6 Å². The first kappa shape index (κ1) is 23.1. The van der Waals surface area contributed by atoms with Crippen LogP contribution >= 0.6 is 11.6 Å². The van der Waals surface area contributed by atoms with Gasteiger partial charge in [0.15, 0.2) is 0 Å². The molecule has 1 aliphatic rings. The average molecular weight is 464 g/mol. The van der Waals surface area contributed by atoms with Crippen LogP contribution in [0.1, 0.15) is 67.9 Å². The molecule has 4 rings (SSSR count). The van der Waals surface area contributed by atoms with Gasteiger partial charge >= 0.3 is 0 Å². The lowest BCUT2D eigenvalue weighted by molar-refractivity contribution is 0.0952. The van der Waals surface area contributed by atoms with Crippen molar-refractivity contribution in [3.05, 3.63) is 70.2 Å². The van der Waals surface area contributed by atoms with E-state index in [4.69, 9.17) is 11.6 Å². The van der Waals surface area contributed by atoms with Gasteiger partial charge in [-0.3, -0.25) is 4.79 Å². The predicted molar refractivity (Wildman–Crippen MR) is 137 cm³/mol. The number of phenols is 1. The van der Waals surface area contributed by atoms with Crippen LogP contribution < -0.4 is 10.3 Å². The number of carbonyl (C=O) groups is 1. The van der Waals surface area contributed by atoms with Gasteiger partial charge in [-0.2, -0.15) is 5.10 Å². The highest BCUT2D eigenvalue weighted by Gasteiger charge is 2.36. The van der Waals surface area contributed by atoms with Crippen LogP contribution in [0.5, 0.6) is 5.75 Å². The molecule has 2 N–H and O–H groups in total. The minimum absolute atomic E-state index is 0.0667. The quantitative estimate of drug-likeness (QED) is 0.337. The zero-order valence-electron chi connectivity index (χ0n) is 19.5. The van der Waals surface area contributed by atoms with Gasteiger partial charge in [0.25, 0.3) is 5.91 Å². The number of fused-ring (bicyclic) bond motifs is 2. The van der Waals surface area contributed by atoms with E-state index in [0.29, 0.717) is 10.9 Å². The molecule has 6 heteroatoms. The molecular weight excluding hydrogens is 434 g/mol. The first-order valence-corrected chi connectivity index (χ1v) is 11.8. The van der Waals surface area contributed by atoms with Gasteiger partial charge in [0.05, 0.1) is 16.8 Å². The lowest BCUT2D eigenvalue weighted by Gasteiger charge is -2.47. The first-order valence-electron chi connectivity index (χ1n) is 11.4. The zero-order valence-corrected chi connectivity index (χ0v) is 20.3. The Labute approximate surface area is 200 Å². The monoisotopic (exact) mass is 463 g/mol. The number of nitrogens with zero attached hydrogens (tertiary/aromatic N) is 2. The molecule has 0 aromatic heterocycles. The van der Waals surface area contributed by atoms with Crippen LogP contribution in [-0.2, 0) is 0 Å². The van der Waals surface area contributed by atoms with Crippen LogP contribution in [0, 0.1) is 0 Å². The second kappa shape index (κ2) is 9.06. The molecule has 1 unspecified atom stereocenters. The summed E-state index contributed by atoms with van der Waals surface area (Å²) in [6, 6.07) is 14.9. The number of hydrogen-bond acceptors (Lipinski definition) is 4. The number of hydrazone groups is 1. The summed E-state index contributed by atoms with van der Waals surface area (Å²) in [6.45, 7) is 9.96. The topological polar surface area (TPSA) is 64.9 Å². The molecule has 3 aromatic rings. The maximum atomic E-state index is 12.6. The molecule has 33 heavy (non-hydrogen) atoms. The van der Waals surface area contributed by atoms with E-state index in [9.17, 15) is 9.90 Å². The van der Waals surface area contributed by atoms with Crippen molar-refractivity contribution < 1.29 is 9.90 Å². The lowest BCUT2D eigenvalue weighted by atomic mass is 9.79. The van der Waals surface area contributed by atoms with Gasteiger partial charge in [-0.1, -0.05) is 49.7 Å². The Kier molecular flexibility index (Phi) is 6.35. The molecule has 0 saturated carbocycles. The Morgan fingerprint density at radius 1 is 1.24 bits per heavy atom. The molecule has 1 aliphatic heterocycles. The number of rotatable bonds is 5. The number of nitrogens with one attached hydrogen (secondary N) is 1. The van der Waals surface area contributed by atoms with Crippen molar-refractivity contribution >= 4 is 40.2 Å². The van der Waals surface area contributed by atoms with E-state index in [-0.39, 0.29) is 16.9 Å². The van der Waals surface area contributed by atoms with E-state index in [1.807, 2.05) is 30.3 Å². The fourth-order valence-electron chi connectivity index (χ4n) is 4.90. The van der Waals surface area contributed by atoms with Crippen molar-refractivity contribution in [3.63, 3.8) is 0 Å². The van der Waals surface area contributed by atoms with E-state index < -0.39 is 5.91 Å². The SMILES string of the molecule is CCCN1c2cc(Cl)c(/C=N\NC(=O)c3cc4ccccc4cc3O)cc2C(C)CC1(C)C. The number of anilines is 1. The molecule has 0 fully saturated rings. The predicted octanol–water partition coefficient (Wildman–Crippen LogP) is 6.46. The first-order chi connectivity index (χ1) is 15.7. The molecular formula is C27H30ClN3O2. The van der Waals surface area contributed by atoms with Crippen molar-refractivity contribution in [1.82, 2.24) is 5.43 Å². The van der Waals surface area contributed by atoms with Gasteiger partial charge in [0, 0.05) is 23.3 Å². The summed E-state index contributed by atoms with van der Waals surface area (Å²) in [5.74, 6) is -0.176. The summed E-state index contributed by atoms with van der Waals surface area (Å²) in [5, 5.41) is 16.7. The number of phenolic OH excluding ortho intramolecular Hbond substituents is 1. The average Bonchev–Trinajstić information content (AvgIpc) is 2.76. The molecule has 0 aliphatic carbocycles. The fourth-order valence-corrected chi connectivity index (χ4v) is 5.10. The standard InChI is InChI=1S/C27H30ClN3O2/c1-5-10-31-24-14-23(28)20(12-21(24)17(2)15-27(31,3)4)16-29-30-26(33)22-11-18-8-6-7-9-19(18)13-25(22)32/h6-9,11-14,16-17,32H,5,10,15H2,1-4H3,(H,30,33)/b29-16-. The Bertz CT molecular complexity index is 1240. The van der Waals surface area contributed by atoms with Crippen LogP contribution in [0.3, 0.4) is 0 Å². The molecule has 172 valence electrons. The van der Waals surface area contributed by atoms with Gasteiger partial charge < -0.3 is 10.0 Å². The molecule has 1 amide bonds. The highest BCUT2D eigenvalue weighted by molar-refractivity contribution is 6.33. The van der Waals surface area contributed by atoms with Gasteiger partial charge in [-0.25, -0.2) is 5.43 Å². The second-order valence-corrected chi connectivity index (χ2v) is 9.82. The third-order valence-electron chi connectivity index (χ3n) is 6.43. The maximum absolute atomic E-state index is 12.6. The van der Waals surface area contributed by atoms with Crippen molar-refractivity contribution in [2.45, 2.75) is 52.0 Å². The molecule has 0 saturated heterocycles. The number of amides is 1. The summed E-state index contributed by atoms with van der Waals surface area (Å²) in [5.41, 5.74) is 5.92. The molecule has 0 bridgehead atoms. The van der Waals surface area contributed by atoms with Crippen molar-refractivity contribution in [1.29, 1.82) is 0 Å². The Morgan fingerprint density at radius 2 is 1.94 bits per heavy atom. The minimum Gasteiger partial charge on any atom is -0.507 e. The number of benzene rings is 3. The minimum atomic E-state index is -0.479. The van der Waals surface area contributed by atoms with Crippen LogP contribution in [0.2, 0.25) is 5.02 Å². The smallest absolute Gasteiger partial charge is 0.275 e. The van der Waals surface area contributed by atoms with E-state index >= 15 is 0 Å². The Morgan fingerprint density at radius 3 is 2.64 bits per heavy atom. The van der Waals surface area contributed by atoms with Gasteiger partial charge in [0.1, 0.15) is 5.75 Å². The van der Waals surface area contributed by atoms with Gasteiger partial charge in [0.2, 0.25) is 0 Å². The largest absolute Gasteiger partial charge is 0.507 e. The van der Waals surface area contributed by atoms with E-state index in [1.165, 1.54) is 11.3 Å². The number of carbonyl (C=O) groups excluding carboxylic acids is 1. The Balaban J connectivity index is 1.58. The third kappa shape index (κ3) is 4.55. The van der Waals surface area contributed by atoms with E-state index in [0.717, 1.165) is 35.7 Å². The van der Waals surface area contributed by atoms with Crippen molar-refractivity contribution in [2.75, 3.05) is 11.4 Å². The van der Waals surface area contributed by atoms with Crippen LogP contribution in [0.25, 0.3) is 10.8 Å². The molecule has 0 spiro atoms. The number of halogens is 1. The molecule has 3 aromatic carbocycles. The second-order valence-electron chi connectivity index (χ2n) is 9.42. The maximum Gasteiger partial charge on any atom is 0.275 e. The van der Waals surface area contributed by atoms with Crippen molar-refractivity contribution in [2.24, 2.45) is 5.10 Å². The zero-order chi connectivity index (χ0) is 23.8. The Hall–Kier alpha value is -3.05. The van der Waals surface area contributed by atoms with E-state index in [1.54, 1.807) is 18.3 Å². The number of aromatic hydroxyl groups is 1. The number of hydrogen-bond donors (Lipinski definition) is 2. The van der Waals surface area contributed by atoms with E-state index in [2.05, 4.69) is 49.2 Å². The highest BCUT2D eigenvalue weighted by atomic mass is 35.5. The molecule has 0 radical (unpaired) electrons. The molecule has 1 atom stereocenters. The summed E-state index contributed by atoms with van der Waals surface area (Å²) >= 11 is 6.62. The normalized spacial score (nSPS) is 17.4. The summed E-state index contributed by atoms with van der Waals surface area (Å²) in [4.78, 5) is 15.1. The third-order valence-corrected chi connectivity index (χ3v) is 6.76. The van der Waals surface area contributed by atoms with Gasteiger partial charge in [-0.05, 0) is 73.2 Å². The molecule has 1 heterocycles. The summed E-state index contributed by atoms with van der Waals surface area (Å²) < 4.78 is 0. The van der Waals surface area contributed by atoms with Crippen LogP contribution in [0.4, 0.5) is 5.69 Å². The lowest BCUT2D eigenvalue weighted by Crippen LogP contribution is -2.48. The van der Waals surface area contributed by atoms with Gasteiger partial charge in [-0.15, -0.1) is 0 Å². The summed E-state index contributed by atoms with van der Waals surface area (Å²) in [7, 11) is 0. The fraction of sp³-hybridized carbons (Fsp3) is 0.333. The summed E-state index contributed by atoms with van der Waals surface area (Å²) in [6.07, 6.45) is 3.68. The molecule has 5 nitrogen and oxygen atoms in total. The van der Waals surface area contributed by atoms with Crippen LogP contribution in [-0.4, -0.2) is 29.3 Å². The van der Waals surface area contributed by atoms with Crippen molar-refractivity contribution in [3.8, 4) is 5.75 Å².